The van der Waals surface area contributed by atoms with Gasteiger partial charge in [-0.2, -0.15) is 13.2 Å². The molecule has 0 saturated carbocycles. The second kappa shape index (κ2) is 5.32. The molecule has 0 fully saturated rings. The lowest BCUT2D eigenvalue weighted by atomic mass is 9.99. The first-order chi connectivity index (χ1) is 9.62. The van der Waals surface area contributed by atoms with Gasteiger partial charge in [-0.1, -0.05) is 41.9 Å². The second-order valence-corrected chi connectivity index (χ2v) is 6.12. The van der Waals surface area contributed by atoms with Gasteiger partial charge in [0.15, 0.2) is 0 Å². The van der Waals surface area contributed by atoms with Gasteiger partial charge in [0, 0.05) is 5.56 Å². The highest BCUT2D eigenvalue weighted by Crippen LogP contribution is 2.43. The molecule has 3 nitrogen and oxygen atoms in total. The maximum absolute atomic E-state index is 13.1. The molecule has 112 valence electrons. The third-order valence-corrected chi connectivity index (χ3v) is 4.24. The van der Waals surface area contributed by atoms with Crippen molar-refractivity contribution in [3.05, 3.63) is 53.1 Å². The Morgan fingerprint density at radius 3 is 2.05 bits per heavy atom. The number of halogens is 4. The van der Waals surface area contributed by atoms with E-state index in [9.17, 15) is 21.6 Å². The predicted molar refractivity (Wildman–Crippen MR) is 73.3 cm³/mol. The number of hydrogen-bond donors (Lipinski definition) is 1. The van der Waals surface area contributed by atoms with E-state index >= 15 is 0 Å². The van der Waals surface area contributed by atoms with Crippen molar-refractivity contribution >= 4 is 21.6 Å². The molecule has 0 spiro atoms. The van der Waals surface area contributed by atoms with Crippen LogP contribution in [-0.4, -0.2) is 8.42 Å². The molecule has 0 heterocycles. The smallest absolute Gasteiger partial charge is 0.225 e. The molecule has 8 heteroatoms. The molecule has 0 bridgehead atoms. The van der Waals surface area contributed by atoms with Crippen LogP contribution in [0.25, 0.3) is 11.1 Å². The predicted octanol–water partition coefficient (Wildman–Crippen LogP) is 3.67. The number of benzene rings is 2. The Kier molecular flexibility index (Phi) is 4.01. The molecule has 2 aromatic carbocycles. The van der Waals surface area contributed by atoms with E-state index in [1.165, 1.54) is 24.3 Å². The Morgan fingerprint density at radius 2 is 1.57 bits per heavy atom. The molecule has 0 aliphatic rings. The summed E-state index contributed by atoms with van der Waals surface area (Å²) in [6.07, 6.45) is -4.67. The second-order valence-electron chi connectivity index (χ2n) is 4.21. The maximum atomic E-state index is 13.1. The molecule has 0 aromatic heterocycles. The quantitative estimate of drug-likeness (QED) is 0.910. The Bertz CT molecular complexity index is 774. The van der Waals surface area contributed by atoms with Crippen LogP contribution in [0, 0.1) is 0 Å². The standard InChI is InChI=1S/C13H9ClF3NO2S/c14-12-10(21(18,19)20)7-6-9(13(15,16)17)11(12)8-4-2-1-3-5-8/h1-7H,(H2,18,19,20). The van der Waals surface area contributed by atoms with Crippen LogP contribution < -0.4 is 5.14 Å². The van der Waals surface area contributed by atoms with E-state index in [-0.39, 0.29) is 5.56 Å². The van der Waals surface area contributed by atoms with Crippen LogP contribution in [0.1, 0.15) is 5.56 Å². The van der Waals surface area contributed by atoms with Crippen molar-refractivity contribution in [2.75, 3.05) is 0 Å². The minimum Gasteiger partial charge on any atom is -0.225 e. The lowest BCUT2D eigenvalue weighted by Gasteiger charge is -2.16. The Hall–Kier alpha value is -1.57. The molecular weight excluding hydrogens is 327 g/mol. The van der Waals surface area contributed by atoms with Gasteiger partial charge in [0.1, 0.15) is 4.90 Å². The number of rotatable bonds is 2. The summed E-state index contributed by atoms with van der Waals surface area (Å²) in [5, 5.41) is 4.43. The van der Waals surface area contributed by atoms with E-state index in [2.05, 4.69) is 0 Å². The molecule has 2 N–H and O–H groups in total. The molecule has 0 atom stereocenters. The van der Waals surface area contributed by atoms with E-state index in [0.29, 0.717) is 6.07 Å². The molecular formula is C13H9ClF3NO2S. The monoisotopic (exact) mass is 335 g/mol. The summed E-state index contributed by atoms with van der Waals surface area (Å²) in [6, 6.07) is 8.90. The fourth-order valence-electron chi connectivity index (χ4n) is 1.90. The number of hydrogen-bond acceptors (Lipinski definition) is 2. The Morgan fingerprint density at radius 1 is 1.00 bits per heavy atom. The van der Waals surface area contributed by atoms with Crippen molar-refractivity contribution in [3.63, 3.8) is 0 Å². The summed E-state index contributed by atoms with van der Waals surface area (Å²) in [6.45, 7) is 0. The maximum Gasteiger partial charge on any atom is 0.417 e. The van der Waals surface area contributed by atoms with Gasteiger partial charge in [-0.3, -0.25) is 0 Å². The van der Waals surface area contributed by atoms with Gasteiger partial charge in [0.25, 0.3) is 0 Å². The van der Waals surface area contributed by atoms with E-state index in [0.717, 1.165) is 6.07 Å². The number of alkyl halides is 3. The van der Waals surface area contributed by atoms with Crippen molar-refractivity contribution < 1.29 is 21.6 Å². The molecule has 21 heavy (non-hydrogen) atoms. The largest absolute Gasteiger partial charge is 0.417 e. The van der Waals surface area contributed by atoms with Crippen LogP contribution in [0.4, 0.5) is 13.2 Å². The summed E-state index contributed by atoms with van der Waals surface area (Å²) >= 11 is 5.88. The van der Waals surface area contributed by atoms with Gasteiger partial charge < -0.3 is 0 Å². The number of nitrogens with two attached hydrogens (primary N) is 1. The van der Waals surface area contributed by atoms with Gasteiger partial charge >= 0.3 is 6.18 Å². The van der Waals surface area contributed by atoms with Crippen molar-refractivity contribution in [2.45, 2.75) is 11.1 Å². The zero-order valence-electron chi connectivity index (χ0n) is 10.4. The summed E-state index contributed by atoms with van der Waals surface area (Å²) in [5.41, 5.74) is -1.28. The first-order valence-electron chi connectivity index (χ1n) is 5.60. The minimum atomic E-state index is -4.67. The van der Waals surface area contributed by atoms with E-state index in [1.54, 1.807) is 6.07 Å². The van der Waals surface area contributed by atoms with E-state index in [1.807, 2.05) is 0 Å². The number of primary sulfonamides is 1. The van der Waals surface area contributed by atoms with Gasteiger partial charge in [0.05, 0.1) is 10.6 Å². The van der Waals surface area contributed by atoms with Gasteiger partial charge in [-0.15, -0.1) is 0 Å². The molecule has 0 saturated heterocycles. The van der Waals surface area contributed by atoms with Gasteiger partial charge in [-0.25, -0.2) is 13.6 Å². The minimum absolute atomic E-state index is 0.153. The third-order valence-electron chi connectivity index (χ3n) is 2.78. The highest BCUT2D eigenvalue weighted by molar-refractivity contribution is 7.89. The normalized spacial score (nSPS) is 12.4. The fraction of sp³-hybridized carbons (Fsp3) is 0.0769. The SMILES string of the molecule is NS(=O)(=O)c1ccc(C(F)(F)F)c(-c2ccccc2)c1Cl. The topological polar surface area (TPSA) is 60.2 Å². The number of sulfonamides is 1. The first-order valence-corrected chi connectivity index (χ1v) is 7.52. The first kappa shape index (κ1) is 15.8. The van der Waals surface area contributed by atoms with Crippen LogP contribution >= 0.6 is 11.6 Å². The molecule has 0 radical (unpaired) electrons. The molecule has 2 rings (SSSR count). The summed E-state index contributed by atoms with van der Waals surface area (Å²) in [4.78, 5) is -0.545. The third kappa shape index (κ3) is 3.20. The van der Waals surface area contributed by atoms with Crippen LogP contribution in [0.15, 0.2) is 47.4 Å². The van der Waals surface area contributed by atoms with Crippen LogP contribution in [0.2, 0.25) is 5.02 Å². The van der Waals surface area contributed by atoms with Crippen LogP contribution in [0.5, 0.6) is 0 Å². The van der Waals surface area contributed by atoms with E-state index < -0.39 is 37.2 Å². The Labute approximate surface area is 124 Å². The lowest BCUT2D eigenvalue weighted by molar-refractivity contribution is -0.137. The average molecular weight is 336 g/mol. The van der Waals surface area contributed by atoms with Crippen LogP contribution in [-0.2, 0) is 16.2 Å². The summed E-state index contributed by atoms with van der Waals surface area (Å²) in [5.74, 6) is 0. The lowest BCUT2D eigenvalue weighted by Crippen LogP contribution is -2.15. The van der Waals surface area contributed by atoms with Crippen LogP contribution in [0.3, 0.4) is 0 Å². The average Bonchev–Trinajstić information content (AvgIpc) is 2.36. The van der Waals surface area contributed by atoms with Crippen molar-refractivity contribution in [1.82, 2.24) is 0 Å². The molecule has 0 amide bonds. The fourth-order valence-corrected chi connectivity index (χ4v) is 3.11. The van der Waals surface area contributed by atoms with Crippen molar-refractivity contribution in [1.29, 1.82) is 0 Å². The molecule has 0 aliphatic carbocycles. The highest BCUT2D eigenvalue weighted by Gasteiger charge is 2.36. The van der Waals surface area contributed by atoms with E-state index in [4.69, 9.17) is 16.7 Å². The van der Waals surface area contributed by atoms with Crippen molar-refractivity contribution in [3.8, 4) is 11.1 Å². The summed E-state index contributed by atoms with van der Waals surface area (Å²) in [7, 11) is -4.23. The van der Waals surface area contributed by atoms with Gasteiger partial charge in [-0.05, 0) is 17.7 Å². The zero-order chi connectivity index (χ0) is 15.8. The molecule has 0 aliphatic heterocycles. The molecule has 2 aromatic rings. The summed E-state index contributed by atoms with van der Waals surface area (Å²) < 4.78 is 62.1. The zero-order valence-corrected chi connectivity index (χ0v) is 11.9. The molecule has 0 unspecified atom stereocenters. The Balaban J connectivity index is 2.87. The van der Waals surface area contributed by atoms with Crippen molar-refractivity contribution in [2.24, 2.45) is 5.14 Å². The van der Waals surface area contributed by atoms with Gasteiger partial charge in [0.2, 0.25) is 10.0 Å². The highest BCUT2D eigenvalue weighted by atomic mass is 35.5.